The van der Waals surface area contributed by atoms with Gasteiger partial charge >= 0.3 is 0 Å². The molecule has 1 N–H and O–H groups in total. The van der Waals surface area contributed by atoms with Gasteiger partial charge in [-0.15, -0.1) is 0 Å². The quantitative estimate of drug-likeness (QED) is 0.881. The molecule has 1 aromatic heterocycles. The van der Waals surface area contributed by atoms with Crippen LogP contribution in [0.4, 0.5) is 5.95 Å². The van der Waals surface area contributed by atoms with Crippen molar-refractivity contribution in [3.05, 3.63) is 30.3 Å². The highest BCUT2D eigenvalue weighted by atomic mass is 16.5. The van der Waals surface area contributed by atoms with E-state index in [4.69, 9.17) is 4.52 Å². The number of rotatable bonds is 6. The number of likely N-dealkylation sites (N-methyl/N-ethyl adjacent to an activating group) is 1. The van der Waals surface area contributed by atoms with Gasteiger partial charge in [0.2, 0.25) is 5.91 Å². The molecule has 112 valence electrons. The molecule has 1 heterocycles. The fourth-order valence-electron chi connectivity index (χ4n) is 1.91. The highest BCUT2D eigenvalue weighted by Crippen LogP contribution is 2.19. The number of hydrogen-bond donors (Lipinski definition) is 1. The van der Waals surface area contributed by atoms with Crippen LogP contribution in [-0.2, 0) is 4.79 Å². The van der Waals surface area contributed by atoms with Crippen molar-refractivity contribution in [3.8, 4) is 11.5 Å². The lowest BCUT2D eigenvalue weighted by molar-refractivity contribution is -0.120. The van der Waals surface area contributed by atoms with Gasteiger partial charge in [0.15, 0.2) is 0 Å². The molecule has 0 spiro atoms. The minimum Gasteiger partial charge on any atom is -0.352 e. The smallest absolute Gasteiger partial charge is 0.266 e. The fourth-order valence-corrected chi connectivity index (χ4v) is 1.91. The summed E-state index contributed by atoms with van der Waals surface area (Å²) in [5.74, 6) is 0.821. The van der Waals surface area contributed by atoms with Crippen molar-refractivity contribution in [3.63, 3.8) is 0 Å². The summed E-state index contributed by atoms with van der Waals surface area (Å²) in [4.78, 5) is 18.0. The van der Waals surface area contributed by atoms with E-state index in [0.29, 0.717) is 18.4 Å². The zero-order chi connectivity index (χ0) is 15.2. The monoisotopic (exact) mass is 288 g/mol. The largest absolute Gasteiger partial charge is 0.352 e. The Balaban J connectivity index is 2.09. The minimum absolute atomic E-state index is 0.0575. The van der Waals surface area contributed by atoms with Crippen LogP contribution in [0.2, 0.25) is 0 Å². The van der Waals surface area contributed by atoms with Gasteiger partial charge in [0.05, 0.1) is 6.54 Å². The van der Waals surface area contributed by atoms with E-state index in [-0.39, 0.29) is 18.5 Å². The average molecular weight is 288 g/mol. The molecule has 0 bridgehead atoms. The average Bonchev–Trinajstić information content (AvgIpc) is 2.94. The summed E-state index contributed by atoms with van der Waals surface area (Å²) in [5, 5.41) is 6.80. The molecule has 0 unspecified atom stereocenters. The number of nitrogens with one attached hydrogen (secondary N) is 1. The van der Waals surface area contributed by atoms with E-state index in [1.807, 2.05) is 51.1 Å². The predicted octanol–water partition coefficient (Wildman–Crippen LogP) is 2.09. The molecule has 2 rings (SSSR count). The Morgan fingerprint density at radius 1 is 1.33 bits per heavy atom. The van der Waals surface area contributed by atoms with Gasteiger partial charge in [0.25, 0.3) is 11.8 Å². The first-order valence-corrected chi connectivity index (χ1v) is 7.03. The normalized spacial score (nSPS) is 10.7. The zero-order valence-corrected chi connectivity index (χ0v) is 12.5. The Kier molecular flexibility index (Phi) is 4.92. The van der Waals surface area contributed by atoms with Crippen molar-refractivity contribution in [2.75, 3.05) is 18.0 Å². The van der Waals surface area contributed by atoms with Gasteiger partial charge in [-0.3, -0.25) is 4.79 Å². The van der Waals surface area contributed by atoms with E-state index < -0.39 is 0 Å². The Bertz CT molecular complexity index is 580. The van der Waals surface area contributed by atoms with E-state index in [0.717, 1.165) is 5.56 Å². The van der Waals surface area contributed by atoms with Crippen LogP contribution in [0.5, 0.6) is 0 Å². The first-order valence-electron chi connectivity index (χ1n) is 7.03. The van der Waals surface area contributed by atoms with Crippen LogP contribution in [0.1, 0.15) is 20.8 Å². The summed E-state index contributed by atoms with van der Waals surface area (Å²) in [7, 11) is 0. The molecule has 0 radical (unpaired) electrons. The standard InChI is InChI=1S/C15H20N4O2/c1-4-19(10-13(20)16-11(2)3)15-17-14(21-18-15)12-8-6-5-7-9-12/h5-9,11H,4,10H2,1-3H3,(H,16,20). The molecule has 2 aromatic rings. The lowest BCUT2D eigenvalue weighted by atomic mass is 10.2. The highest BCUT2D eigenvalue weighted by Gasteiger charge is 2.17. The molecule has 1 amide bonds. The summed E-state index contributed by atoms with van der Waals surface area (Å²) in [5.41, 5.74) is 0.860. The molecule has 1 aromatic carbocycles. The molecule has 0 aliphatic heterocycles. The van der Waals surface area contributed by atoms with Crippen molar-refractivity contribution >= 4 is 11.9 Å². The second kappa shape index (κ2) is 6.88. The Morgan fingerprint density at radius 3 is 2.67 bits per heavy atom. The molecule has 0 atom stereocenters. The van der Waals surface area contributed by atoms with Crippen LogP contribution < -0.4 is 10.2 Å². The molecule has 0 saturated heterocycles. The van der Waals surface area contributed by atoms with Crippen LogP contribution >= 0.6 is 0 Å². The van der Waals surface area contributed by atoms with Crippen molar-refractivity contribution in [1.82, 2.24) is 15.5 Å². The molecule has 0 aliphatic rings. The molecule has 21 heavy (non-hydrogen) atoms. The lowest BCUT2D eigenvalue weighted by Crippen LogP contribution is -2.40. The van der Waals surface area contributed by atoms with E-state index >= 15 is 0 Å². The van der Waals surface area contributed by atoms with Crippen molar-refractivity contribution < 1.29 is 9.32 Å². The van der Waals surface area contributed by atoms with Crippen LogP contribution in [0.3, 0.4) is 0 Å². The highest BCUT2D eigenvalue weighted by molar-refractivity contribution is 5.81. The van der Waals surface area contributed by atoms with E-state index in [1.54, 1.807) is 4.90 Å². The van der Waals surface area contributed by atoms with Crippen LogP contribution in [0, 0.1) is 0 Å². The second-order valence-corrected chi connectivity index (χ2v) is 5.00. The molecular formula is C15H20N4O2. The van der Waals surface area contributed by atoms with Gasteiger partial charge in [-0.25, -0.2) is 0 Å². The maximum Gasteiger partial charge on any atom is 0.266 e. The van der Waals surface area contributed by atoms with Gasteiger partial charge in [-0.2, -0.15) is 4.98 Å². The molecular weight excluding hydrogens is 268 g/mol. The SMILES string of the molecule is CCN(CC(=O)NC(C)C)c1noc(-c2ccccc2)n1. The number of amides is 1. The van der Waals surface area contributed by atoms with Crippen molar-refractivity contribution in [2.45, 2.75) is 26.8 Å². The van der Waals surface area contributed by atoms with Crippen molar-refractivity contribution in [2.24, 2.45) is 0 Å². The third-order valence-electron chi connectivity index (χ3n) is 2.88. The topological polar surface area (TPSA) is 71.3 Å². The van der Waals surface area contributed by atoms with Crippen LogP contribution in [0.15, 0.2) is 34.9 Å². The summed E-state index contributed by atoms with van der Waals surface area (Å²) >= 11 is 0. The second-order valence-electron chi connectivity index (χ2n) is 5.00. The van der Waals surface area contributed by atoms with E-state index in [1.165, 1.54) is 0 Å². The molecule has 0 fully saturated rings. The Morgan fingerprint density at radius 2 is 2.05 bits per heavy atom. The maximum absolute atomic E-state index is 11.8. The zero-order valence-electron chi connectivity index (χ0n) is 12.5. The third-order valence-corrected chi connectivity index (χ3v) is 2.88. The van der Waals surface area contributed by atoms with Crippen LogP contribution in [-0.4, -0.2) is 35.2 Å². The Hall–Kier alpha value is -2.37. The third kappa shape index (κ3) is 4.05. The predicted molar refractivity (Wildman–Crippen MR) is 80.9 cm³/mol. The maximum atomic E-state index is 11.8. The van der Waals surface area contributed by atoms with Gasteiger partial charge < -0.3 is 14.7 Å². The van der Waals surface area contributed by atoms with E-state index in [9.17, 15) is 4.79 Å². The number of carbonyl (C=O) groups is 1. The first-order chi connectivity index (χ1) is 10.1. The minimum atomic E-state index is -0.0575. The van der Waals surface area contributed by atoms with E-state index in [2.05, 4.69) is 15.5 Å². The molecule has 6 heteroatoms. The number of carbonyl (C=O) groups excluding carboxylic acids is 1. The van der Waals surface area contributed by atoms with Crippen LogP contribution in [0.25, 0.3) is 11.5 Å². The molecule has 6 nitrogen and oxygen atoms in total. The lowest BCUT2D eigenvalue weighted by Gasteiger charge is -2.18. The first kappa shape index (κ1) is 15.0. The fraction of sp³-hybridized carbons (Fsp3) is 0.400. The number of nitrogens with zero attached hydrogens (tertiary/aromatic N) is 3. The van der Waals surface area contributed by atoms with Gasteiger partial charge in [-0.05, 0) is 38.1 Å². The summed E-state index contributed by atoms with van der Waals surface area (Å²) in [6.07, 6.45) is 0. The summed E-state index contributed by atoms with van der Waals surface area (Å²) < 4.78 is 5.26. The van der Waals surface area contributed by atoms with Gasteiger partial charge in [-0.1, -0.05) is 18.2 Å². The Labute approximate surface area is 124 Å². The molecule has 0 aliphatic carbocycles. The summed E-state index contributed by atoms with van der Waals surface area (Å²) in [6.45, 7) is 6.63. The number of hydrogen-bond acceptors (Lipinski definition) is 5. The van der Waals surface area contributed by atoms with Crippen molar-refractivity contribution in [1.29, 1.82) is 0 Å². The number of aromatic nitrogens is 2. The summed E-state index contributed by atoms with van der Waals surface area (Å²) in [6, 6.07) is 9.66. The van der Waals surface area contributed by atoms with Gasteiger partial charge in [0, 0.05) is 18.2 Å². The van der Waals surface area contributed by atoms with Gasteiger partial charge in [0.1, 0.15) is 0 Å². The number of anilines is 1. The number of benzene rings is 1. The molecule has 0 saturated carbocycles.